The highest BCUT2D eigenvalue weighted by atomic mass is 19.1. The van der Waals surface area contributed by atoms with E-state index < -0.39 is 5.82 Å². The molecule has 0 aromatic heterocycles. The van der Waals surface area contributed by atoms with Crippen molar-refractivity contribution in [2.24, 2.45) is 0 Å². The Bertz CT molecular complexity index is 461. The third-order valence-electron chi connectivity index (χ3n) is 3.24. The predicted molar refractivity (Wildman–Crippen MR) is 71.8 cm³/mol. The van der Waals surface area contributed by atoms with Crippen LogP contribution in [-0.4, -0.2) is 48.3 Å². The molecule has 0 radical (unpaired) electrons. The third kappa shape index (κ3) is 3.68. The van der Waals surface area contributed by atoms with E-state index in [1.807, 2.05) is 4.90 Å². The summed E-state index contributed by atoms with van der Waals surface area (Å²) in [4.78, 5) is 13.8. The Balaban J connectivity index is 2.10. The number of hydrogen-bond donors (Lipinski definition) is 2. The Labute approximate surface area is 117 Å². The summed E-state index contributed by atoms with van der Waals surface area (Å²) in [6.45, 7) is 4.45. The van der Waals surface area contributed by atoms with Gasteiger partial charge in [-0.25, -0.2) is 4.39 Å². The number of hydrogen-bond acceptors (Lipinski definition) is 5. The first-order valence-electron chi connectivity index (χ1n) is 6.70. The SMILES string of the molecule is CCOC(=O)C1CNCCN1Cc1cc(O)cc(F)c1. The minimum Gasteiger partial charge on any atom is -0.508 e. The van der Waals surface area contributed by atoms with Gasteiger partial charge >= 0.3 is 5.97 Å². The van der Waals surface area contributed by atoms with Crippen molar-refractivity contribution in [3.05, 3.63) is 29.6 Å². The summed E-state index contributed by atoms with van der Waals surface area (Å²) >= 11 is 0. The Morgan fingerprint density at radius 1 is 1.55 bits per heavy atom. The normalized spacial score (nSPS) is 19.8. The molecule has 1 heterocycles. The van der Waals surface area contributed by atoms with Crippen LogP contribution in [0.4, 0.5) is 4.39 Å². The van der Waals surface area contributed by atoms with Gasteiger partial charge in [-0.15, -0.1) is 0 Å². The number of esters is 1. The lowest BCUT2D eigenvalue weighted by atomic mass is 10.1. The second kappa shape index (κ2) is 6.67. The van der Waals surface area contributed by atoms with Crippen molar-refractivity contribution < 1.29 is 19.0 Å². The lowest BCUT2D eigenvalue weighted by Crippen LogP contribution is -2.54. The van der Waals surface area contributed by atoms with Crippen LogP contribution in [-0.2, 0) is 16.1 Å². The zero-order chi connectivity index (χ0) is 14.5. The minimum atomic E-state index is -0.484. The smallest absolute Gasteiger partial charge is 0.324 e. The molecule has 6 heteroatoms. The van der Waals surface area contributed by atoms with Gasteiger partial charge in [-0.05, 0) is 24.6 Å². The summed E-state index contributed by atoms with van der Waals surface area (Å²) in [5.74, 6) is -0.869. The van der Waals surface area contributed by atoms with Crippen molar-refractivity contribution in [2.75, 3.05) is 26.2 Å². The molecule has 1 aromatic rings. The maximum absolute atomic E-state index is 13.3. The molecular weight excluding hydrogens is 263 g/mol. The fraction of sp³-hybridized carbons (Fsp3) is 0.500. The van der Waals surface area contributed by atoms with Gasteiger partial charge in [0.05, 0.1) is 6.61 Å². The van der Waals surface area contributed by atoms with Crippen molar-refractivity contribution >= 4 is 5.97 Å². The van der Waals surface area contributed by atoms with Gasteiger partial charge in [-0.1, -0.05) is 0 Å². The number of ether oxygens (including phenoxy) is 1. The minimum absolute atomic E-state index is 0.109. The highest BCUT2D eigenvalue weighted by Gasteiger charge is 2.29. The molecule has 110 valence electrons. The summed E-state index contributed by atoms with van der Waals surface area (Å²) in [7, 11) is 0. The molecule has 1 fully saturated rings. The monoisotopic (exact) mass is 282 g/mol. The number of carbonyl (C=O) groups excluding carboxylic acids is 1. The molecule has 1 atom stereocenters. The molecule has 0 bridgehead atoms. The van der Waals surface area contributed by atoms with E-state index in [1.165, 1.54) is 12.1 Å². The number of aromatic hydroxyl groups is 1. The maximum Gasteiger partial charge on any atom is 0.324 e. The van der Waals surface area contributed by atoms with Crippen LogP contribution in [0.25, 0.3) is 0 Å². The van der Waals surface area contributed by atoms with E-state index in [0.717, 1.165) is 12.6 Å². The van der Waals surface area contributed by atoms with Gasteiger partial charge < -0.3 is 15.2 Å². The molecule has 0 spiro atoms. The lowest BCUT2D eigenvalue weighted by molar-refractivity contribution is -0.150. The van der Waals surface area contributed by atoms with Crippen LogP contribution < -0.4 is 5.32 Å². The zero-order valence-electron chi connectivity index (χ0n) is 11.4. The average Bonchev–Trinajstić information content (AvgIpc) is 2.38. The molecule has 1 unspecified atom stereocenters. The predicted octanol–water partition coefficient (Wildman–Crippen LogP) is 0.868. The van der Waals surface area contributed by atoms with Crippen molar-refractivity contribution in [3.8, 4) is 5.75 Å². The Kier molecular flexibility index (Phi) is 4.92. The quantitative estimate of drug-likeness (QED) is 0.802. The lowest BCUT2D eigenvalue weighted by Gasteiger charge is -2.34. The van der Waals surface area contributed by atoms with Crippen LogP contribution in [0.2, 0.25) is 0 Å². The van der Waals surface area contributed by atoms with Crippen LogP contribution in [0.3, 0.4) is 0 Å². The summed E-state index contributed by atoms with van der Waals surface area (Å²) in [5, 5.41) is 12.6. The van der Waals surface area contributed by atoms with Gasteiger partial charge in [-0.3, -0.25) is 9.69 Å². The first kappa shape index (κ1) is 14.7. The molecule has 2 rings (SSSR count). The number of carbonyl (C=O) groups is 1. The molecular formula is C14H19FN2O3. The van der Waals surface area contributed by atoms with E-state index in [4.69, 9.17) is 4.74 Å². The first-order chi connectivity index (χ1) is 9.60. The fourth-order valence-electron chi connectivity index (χ4n) is 2.37. The Morgan fingerprint density at radius 2 is 2.35 bits per heavy atom. The highest BCUT2D eigenvalue weighted by Crippen LogP contribution is 2.18. The number of nitrogens with zero attached hydrogens (tertiary/aromatic N) is 1. The van der Waals surface area contributed by atoms with Crippen LogP contribution in [0.5, 0.6) is 5.75 Å². The number of benzene rings is 1. The molecule has 1 aliphatic rings. The van der Waals surface area contributed by atoms with Crippen LogP contribution in [0.1, 0.15) is 12.5 Å². The van der Waals surface area contributed by atoms with E-state index >= 15 is 0 Å². The van der Waals surface area contributed by atoms with Crippen molar-refractivity contribution in [1.82, 2.24) is 10.2 Å². The number of nitrogens with one attached hydrogen (secondary N) is 1. The summed E-state index contributed by atoms with van der Waals surface area (Å²) in [5.41, 5.74) is 0.638. The summed E-state index contributed by atoms with van der Waals surface area (Å²) < 4.78 is 18.3. The third-order valence-corrected chi connectivity index (χ3v) is 3.24. The van der Waals surface area contributed by atoms with Gasteiger partial charge in [0, 0.05) is 32.2 Å². The van der Waals surface area contributed by atoms with Gasteiger partial charge in [0.1, 0.15) is 17.6 Å². The molecule has 0 amide bonds. The van der Waals surface area contributed by atoms with Crippen LogP contribution in [0.15, 0.2) is 18.2 Å². The Hall–Kier alpha value is -1.66. The van der Waals surface area contributed by atoms with Gasteiger partial charge in [0.25, 0.3) is 0 Å². The molecule has 5 nitrogen and oxygen atoms in total. The summed E-state index contributed by atoms with van der Waals surface area (Å²) in [6, 6.07) is 3.55. The van der Waals surface area contributed by atoms with Gasteiger partial charge in [0.2, 0.25) is 0 Å². The molecule has 2 N–H and O–H groups in total. The molecule has 1 saturated heterocycles. The largest absolute Gasteiger partial charge is 0.508 e. The standard InChI is InChI=1S/C14H19FN2O3/c1-2-20-14(19)13-8-16-3-4-17(13)9-10-5-11(15)7-12(18)6-10/h5-7,13,16,18H,2-4,8-9H2,1H3. The number of halogens is 1. The van der Waals surface area contributed by atoms with E-state index in [9.17, 15) is 14.3 Å². The van der Waals surface area contributed by atoms with Gasteiger partial charge in [0.15, 0.2) is 0 Å². The zero-order valence-corrected chi connectivity index (χ0v) is 11.4. The topological polar surface area (TPSA) is 61.8 Å². The number of piperazine rings is 1. The van der Waals surface area contributed by atoms with Crippen molar-refractivity contribution in [1.29, 1.82) is 0 Å². The van der Waals surface area contributed by atoms with Crippen molar-refractivity contribution in [2.45, 2.75) is 19.5 Å². The fourth-order valence-corrected chi connectivity index (χ4v) is 2.37. The molecule has 1 aliphatic heterocycles. The van der Waals surface area contributed by atoms with E-state index in [-0.39, 0.29) is 17.8 Å². The van der Waals surface area contributed by atoms with E-state index in [2.05, 4.69) is 5.32 Å². The first-order valence-corrected chi connectivity index (χ1v) is 6.70. The Morgan fingerprint density at radius 3 is 3.05 bits per heavy atom. The van der Waals surface area contributed by atoms with Crippen LogP contribution >= 0.6 is 0 Å². The second-order valence-electron chi connectivity index (χ2n) is 4.76. The van der Waals surface area contributed by atoms with E-state index in [0.29, 0.717) is 31.8 Å². The molecule has 0 aliphatic carbocycles. The molecule has 20 heavy (non-hydrogen) atoms. The molecule has 0 saturated carbocycles. The number of rotatable bonds is 4. The molecule has 1 aromatic carbocycles. The van der Waals surface area contributed by atoms with E-state index in [1.54, 1.807) is 6.92 Å². The van der Waals surface area contributed by atoms with Crippen LogP contribution in [0, 0.1) is 5.82 Å². The number of phenols is 1. The maximum atomic E-state index is 13.3. The average molecular weight is 282 g/mol. The summed E-state index contributed by atoms with van der Waals surface area (Å²) in [6.07, 6.45) is 0. The number of phenolic OH excluding ortho intramolecular Hbond substituents is 1. The van der Waals surface area contributed by atoms with Gasteiger partial charge in [-0.2, -0.15) is 0 Å². The second-order valence-corrected chi connectivity index (χ2v) is 4.76. The van der Waals surface area contributed by atoms with Crippen molar-refractivity contribution in [3.63, 3.8) is 0 Å². The highest BCUT2D eigenvalue weighted by molar-refractivity contribution is 5.76.